The molecule has 0 saturated carbocycles. The minimum absolute atomic E-state index is 0.207. The van der Waals surface area contributed by atoms with Gasteiger partial charge < -0.3 is 4.90 Å². The molecule has 156 valence electrons. The van der Waals surface area contributed by atoms with Gasteiger partial charge in [0.15, 0.2) is 0 Å². The first kappa shape index (κ1) is 21.1. The summed E-state index contributed by atoms with van der Waals surface area (Å²) in [5, 5.41) is 4.34. The molecule has 3 rings (SSSR count). The van der Waals surface area contributed by atoms with E-state index in [1.807, 2.05) is 0 Å². The smallest absolute Gasteiger partial charge is 0.267 e. The number of aromatic nitrogens is 2. The molecule has 0 bridgehead atoms. The van der Waals surface area contributed by atoms with Crippen molar-refractivity contribution in [2.75, 3.05) is 32.4 Å². The van der Waals surface area contributed by atoms with Crippen LogP contribution in [0.15, 0.2) is 41.2 Å². The number of benzene rings is 1. The highest BCUT2D eigenvalue weighted by Crippen LogP contribution is 2.21. The first-order valence-corrected chi connectivity index (χ1v) is 11.0. The molecule has 2 aromatic rings. The van der Waals surface area contributed by atoms with E-state index >= 15 is 0 Å². The number of amides is 1. The van der Waals surface area contributed by atoms with Crippen LogP contribution in [0.4, 0.5) is 4.39 Å². The zero-order chi connectivity index (χ0) is 21.4. The number of hydrogen-bond donors (Lipinski definition) is 0. The second-order valence-electron chi connectivity index (χ2n) is 7.49. The average Bonchev–Trinajstić information content (AvgIpc) is 2.68. The van der Waals surface area contributed by atoms with E-state index in [-0.39, 0.29) is 37.9 Å². The van der Waals surface area contributed by atoms with E-state index < -0.39 is 21.1 Å². The van der Waals surface area contributed by atoms with Crippen molar-refractivity contribution in [3.63, 3.8) is 0 Å². The maximum atomic E-state index is 13.2. The fraction of sp³-hybridized carbons (Fsp3) is 0.421. The van der Waals surface area contributed by atoms with Crippen LogP contribution in [0.5, 0.6) is 0 Å². The molecule has 0 spiro atoms. The maximum Gasteiger partial charge on any atom is 0.267 e. The molecule has 10 heteroatoms. The third kappa shape index (κ3) is 4.38. The summed E-state index contributed by atoms with van der Waals surface area (Å²) in [7, 11) is -3.31. The predicted octanol–water partition coefficient (Wildman–Crippen LogP) is 0.888. The van der Waals surface area contributed by atoms with Gasteiger partial charge in [-0.15, -0.1) is 0 Å². The summed E-state index contributed by atoms with van der Waals surface area (Å²) < 4.78 is 39.0. The molecule has 0 unspecified atom stereocenters. The van der Waals surface area contributed by atoms with Crippen LogP contribution < -0.4 is 5.56 Å². The molecule has 29 heavy (non-hydrogen) atoms. The predicted molar refractivity (Wildman–Crippen MR) is 106 cm³/mol. The summed E-state index contributed by atoms with van der Waals surface area (Å²) in [5.41, 5.74) is -0.665. The lowest BCUT2D eigenvalue weighted by atomic mass is 10.0. The number of sulfonamides is 1. The summed E-state index contributed by atoms with van der Waals surface area (Å²) in [6.45, 7) is 4.09. The minimum atomic E-state index is -3.31. The van der Waals surface area contributed by atoms with Crippen molar-refractivity contribution in [2.45, 2.75) is 19.4 Å². The number of halogens is 1. The molecule has 2 heterocycles. The lowest BCUT2D eigenvalue weighted by Gasteiger charge is -2.37. The Morgan fingerprint density at radius 1 is 1.03 bits per heavy atom. The SMILES string of the molecule is CC(C)(C(=O)N1CCN(S(C)(=O)=O)CC1)n1nc(-c2ccc(F)cc2)ccc1=O. The van der Waals surface area contributed by atoms with Gasteiger partial charge in [0.25, 0.3) is 5.56 Å². The highest BCUT2D eigenvalue weighted by Gasteiger charge is 2.38. The molecular weight excluding hydrogens is 399 g/mol. The standard InChI is InChI=1S/C19H23FN4O4S/c1-19(2,18(26)22-10-12-23(13-11-22)29(3,27)28)24-17(25)9-8-16(21-24)14-4-6-15(20)7-5-14/h4-9H,10-13H2,1-3H3. The van der Waals surface area contributed by atoms with Crippen molar-refractivity contribution in [2.24, 2.45) is 0 Å². The normalized spacial score (nSPS) is 16.1. The first-order valence-electron chi connectivity index (χ1n) is 9.11. The van der Waals surface area contributed by atoms with E-state index in [1.165, 1.54) is 28.6 Å². The number of hydrogen-bond acceptors (Lipinski definition) is 5. The molecule has 1 aromatic carbocycles. The quantitative estimate of drug-likeness (QED) is 0.730. The number of nitrogens with zero attached hydrogens (tertiary/aromatic N) is 4. The van der Waals surface area contributed by atoms with Gasteiger partial charge in [-0.25, -0.2) is 17.5 Å². The van der Waals surface area contributed by atoms with Crippen LogP contribution in [0.25, 0.3) is 11.3 Å². The molecule has 1 amide bonds. The van der Waals surface area contributed by atoms with E-state index in [9.17, 15) is 22.4 Å². The molecule has 1 aliphatic heterocycles. The van der Waals surface area contributed by atoms with Crippen LogP contribution in [-0.2, 0) is 20.4 Å². The minimum Gasteiger partial charge on any atom is -0.338 e. The van der Waals surface area contributed by atoms with E-state index in [4.69, 9.17) is 0 Å². The largest absolute Gasteiger partial charge is 0.338 e. The third-order valence-corrected chi connectivity index (χ3v) is 6.29. The van der Waals surface area contributed by atoms with E-state index in [0.717, 1.165) is 10.9 Å². The van der Waals surface area contributed by atoms with Crippen molar-refractivity contribution in [3.05, 3.63) is 52.6 Å². The summed E-state index contributed by atoms with van der Waals surface area (Å²) in [4.78, 5) is 27.1. The van der Waals surface area contributed by atoms with Crippen LogP contribution in [0.2, 0.25) is 0 Å². The van der Waals surface area contributed by atoms with Gasteiger partial charge in [0.1, 0.15) is 11.4 Å². The van der Waals surface area contributed by atoms with Gasteiger partial charge in [0, 0.05) is 37.8 Å². The van der Waals surface area contributed by atoms with Crippen LogP contribution >= 0.6 is 0 Å². The summed E-state index contributed by atoms with van der Waals surface area (Å²) >= 11 is 0. The fourth-order valence-electron chi connectivity index (χ4n) is 3.29. The van der Waals surface area contributed by atoms with Gasteiger partial charge >= 0.3 is 0 Å². The van der Waals surface area contributed by atoms with Crippen LogP contribution in [0.3, 0.4) is 0 Å². The lowest BCUT2D eigenvalue weighted by Crippen LogP contribution is -2.57. The summed E-state index contributed by atoms with van der Waals surface area (Å²) in [6, 6.07) is 8.53. The van der Waals surface area contributed by atoms with E-state index in [2.05, 4.69) is 5.10 Å². The molecule has 1 fully saturated rings. The van der Waals surface area contributed by atoms with Crippen LogP contribution in [0.1, 0.15) is 13.8 Å². The second-order valence-corrected chi connectivity index (χ2v) is 9.47. The molecular formula is C19H23FN4O4S. The molecule has 0 N–H and O–H groups in total. The zero-order valence-corrected chi connectivity index (χ0v) is 17.3. The molecule has 1 saturated heterocycles. The fourth-order valence-corrected chi connectivity index (χ4v) is 4.11. The van der Waals surface area contributed by atoms with Gasteiger partial charge in [-0.05, 0) is 44.2 Å². The molecule has 1 aromatic heterocycles. The summed E-state index contributed by atoms with van der Waals surface area (Å²) in [5.74, 6) is -0.706. The maximum absolute atomic E-state index is 13.2. The summed E-state index contributed by atoms with van der Waals surface area (Å²) in [6.07, 6.45) is 1.14. The van der Waals surface area contributed by atoms with E-state index in [1.54, 1.807) is 30.9 Å². The molecule has 0 atom stereocenters. The van der Waals surface area contributed by atoms with Gasteiger partial charge in [-0.2, -0.15) is 9.40 Å². The zero-order valence-electron chi connectivity index (χ0n) is 16.5. The van der Waals surface area contributed by atoms with E-state index in [0.29, 0.717) is 11.3 Å². The Kier molecular flexibility index (Phi) is 5.59. The Balaban J connectivity index is 1.87. The van der Waals surface area contributed by atoms with Gasteiger partial charge in [-0.1, -0.05) is 0 Å². The van der Waals surface area contributed by atoms with Crippen LogP contribution in [-0.4, -0.2) is 65.7 Å². The second kappa shape index (κ2) is 7.68. The molecule has 0 aliphatic carbocycles. The van der Waals surface area contributed by atoms with Gasteiger partial charge in [0.05, 0.1) is 11.9 Å². The Hall–Kier alpha value is -2.59. The Bertz CT molecular complexity index is 1070. The van der Waals surface area contributed by atoms with Crippen molar-refractivity contribution in [3.8, 4) is 11.3 Å². The van der Waals surface area contributed by atoms with Crippen molar-refractivity contribution < 1.29 is 17.6 Å². The number of piperazine rings is 1. The topological polar surface area (TPSA) is 92.6 Å². The first-order chi connectivity index (χ1) is 13.5. The molecule has 0 radical (unpaired) electrons. The highest BCUT2D eigenvalue weighted by molar-refractivity contribution is 7.88. The Morgan fingerprint density at radius 2 is 1.62 bits per heavy atom. The average molecular weight is 422 g/mol. The lowest BCUT2D eigenvalue weighted by molar-refractivity contribution is -0.141. The van der Waals surface area contributed by atoms with Crippen molar-refractivity contribution in [1.82, 2.24) is 19.0 Å². The number of carbonyl (C=O) groups excluding carboxylic acids is 1. The molecule has 8 nitrogen and oxygen atoms in total. The molecule has 1 aliphatic rings. The Morgan fingerprint density at radius 3 is 2.17 bits per heavy atom. The van der Waals surface area contributed by atoms with Gasteiger partial charge in [-0.3, -0.25) is 9.59 Å². The third-order valence-electron chi connectivity index (χ3n) is 4.99. The Labute approximate surface area is 168 Å². The van der Waals surface area contributed by atoms with Crippen LogP contribution in [0, 0.1) is 5.82 Å². The monoisotopic (exact) mass is 422 g/mol. The highest BCUT2D eigenvalue weighted by atomic mass is 32.2. The van der Waals surface area contributed by atoms with Crippen molar-refractivity contribution in [1.29, 1.82) is 0 Å². The van der Waals surface area contributed by atoms with Crippen molar-refractivity contribution >= 4 is 15.9 Å². The number of rotatable bonds is 4. The number of carbonyl (C=O) groups is 1. The van der Waals surface area contributed by atoms with Gasteiger partial charge in [0.2, 0.25) is 15.9 Å².